The van der Waals surface area contributed by atoms with E-state index < -0.39 is 0 Å². The number of nitrogens with one attached hydrogen (secondary N) is 1. The maximum absolute atomic E-state index is 8.65. The van der Waals surface area contributed by atoms with E-state index in [1.165, 1.54) is 23.1 Å². The van der Waals surface area contributed by atoms with Crippen LogP contribution in [0.2, 0.25) is 0 Å². The van der Waals surface area contributed by atoms with Gasteiger partial charge in [0.1, 0.15) is 5.82 Å². The molecule has 0 aliphatic rings. The lowest BCUT2D eigenvalue weighted by Gasteiger charge is -2.22. The zero-order chi connectivity index (χ0) is 19.2. The molecule has 1 aromatic carbocycles. The summed E-state index contributed by atoms with van der Waals surface area (Å²) in [5.74, 6) is 1.17. The number of nitrogens with zero attached hydrogens (tertiary/aromatic N) is 3. The Balaban J connectivity index is 2.34. The first-order valence-electron chi connectivity index (χ1n) is 9.63. The first-order chi connectivity index (χ1) is 12.4. The molecule has 26 heavy (non-hydrogen) atoms. The Hall–Kier alpha value is -1.85. The molecule has 2 N–H and O–H groups in total. The molecule has 0 bridgehead atoms. The van der Waals surface area contributed by atoms with E-state index in [-0.39, 0.29) is 5.41 Å². The Bertz CT molecular complexity index is 723. The van der Waals surface area contributed by atoms with Crippen molar-refractivity contribution in [2.24, 2.45) is 5.41 Å². The SMILES string of the molecule is CCN(CC)CCn1c(CC(C)(C)C)nc2cc(C/C=C/NO)ccc21. The smallest absolute Gasteiger partial charge is 0.110 e. The van der Waals surface area contributed by atoms with Crippen molar-refractivity contribution in [3.05, 3.63) is 41.9 Å². The summed E-state index contributed by atoms with van der Waals surface area (Å²) in [6, 6.07) is 6.50. The minimum absolute atomic E-state index is 0.201. The Kier molecular flexibility index (Phi) is 7.23. The molecule has 0 spiro atoms. The van der Waals surface area contributed by atoms with Crippen LogP contribution in [-0.4, -0.2) is 39.3 Å². The molecule has 2 aromatic rings. The fourth-order valence-electron chi connectivity index (χ4n) is 3.24. The molecule has 0 atom stereocenters. The van der Waals surface area contributed by atoms with Gasteiger partial charge in [-0.25, -0.2) is 4.98 Å². The zero-order valence-electron chi connectivity index (χ0n) is 16.9. The van der Waals surface area contributed by atoms with E-state index in [4.69, 9.17) is 10.2 Å². The van der Waals surface area contributed by atoms with Crippen LogP contribution in [0.1, 0.15) is 46.0 Å². The summed E-state index contributed by atoms with van der Waals surface area (Å²) in [5.41, 5.74) is 5.72. The lowest BCUT2D eigenvalue weighted by molar-refractivity contribution is 0.214. The largest absolute Gasteiger partial charge is 0.327 e. The number of imidazole rings is 1. The summed E-state index contributed by atoms with van der Waals surface area (Å²) >= 11 is 0. The van der Waals surface area contributed by atoms with Crippen LogP contribution in [0.4, 0.5) is 0 Å². The maximum atomic E-state index is 8.65. The maximum Gasteiger partial charge on any atom is 0.110 e. The lowest BCUT2D eigenvalue weighted by Crippen LogP contribution is -2.28. The molecule has 0 unspecified atom stereocenters. The van der Waals surface area contributed by atoms with Gasteiger partial charge in [0.25, 0.3) is 0 Å². The van der Waals surface area contributed by atoms with Crippen molar-refractivity contribution >= 4 is 11.0 Å². The highest BCUT2D eigenvalue weighted by Crippen LogP contribution is 2.25. The van der Waals surface area contributed by atoms with Gasteiger partial charge in [0.15, 0.2) is 0 Å². The molecular weight excluding hydrogens is 324 g/mol. The highest BCUT2D eigenvalue weighted by Gasteiger charge is 2.18. The third-order valence-electron chi connectivity index (χ3n) is 4.66. The minimum Gasteiger partial charge on any atom is -0.327 e. The average Bonchev–Trinajstić information content (AvgIpc) is 2.90. The molecule has 0 aliphatic heterocycles. The van der Waals surface area contributed by atoms with E-state index in [2.05, 4.69) is 62.3 Å². The summed E-state index contributed by atoms with van der Waals surface area (Å²) in [4.78, 5) is 7.42. The summed E-state index contributed by atoms with van der Waals surface area (Å²) in [6.07, 6.45) is 5.17. The van der Waals surface area contributed by atoms with Crippen molar-refractivity contribution in [1.29, 1.82) is 0 Å². The predicted molar refractivity (Wildman–Crippen MR) is 108 cm³/mol. The van der Waals surface area contributed by atoms with Gasteiger partial charge in [-0.1, -0.05) is 46.8 Å². The van der Waals surface area contributed by atoms with Crippen molar-refractivity contribution in [3.63, 3.8) is 0 Å². The second kappa shape index (κ2) is 9.19. The van der Waals surface area contributed by atoms with Crippen LogP contribution in [0.15, 0.2) is 30.5 Å². The van der Waals surface area contributed by atoms with Gasteiger partial charge >= 0.3 is 0 Å². The monoisotopic (exact) mass is 358 g/mol. The molecule has 0 amide bonds. The van der Waals surface area contributed by atoms with Gasteiger partial charge in [0.05, 0.1) is 11.0 Å². The van der Waals surface area contributed by atoms with E-state index in [1.807, 2.05) is 11.6 Å². The van der Waals surface area contributed by atoms with Crippen molar-refractivity contribution in [2.75, 3.05) is 19.6 Å². The molecule has 5 nitrogen and oxygen atoms in total. The van der Waals surface area contributed by atoms with Gasteiger partial charge in [-0.15, -0.1) is 0 Å². The van der Waals surface area contributed by atoms with Crippen LogP contribution in [-0.2, 0) is 19.4 Å². The molecular formula is C21H34N4O. The fraction of sp³-hybridized carbons (Fsp3) is 0.571. The van der Waals surface area contributed by atoms with Crippen LogP contribution >= 0.6 is 0 Å². The number of allylic oxidation sites excluding steroid dienone is 1. The number of likely N-dealkylation sites (N-methyl/N-ethyl adjacent to an activating group) is 1. The van der Waals surface area contributed by atoms with Gasteiger partial charge in [-0.2, -0.15) is 0 Å². The summed E-state index contributed by atoms with van der Waals surface area (Å²) in [6.45, 7) is 15.4. The number of fused-ring (bicyclic) bond motifs is 1. The lowest BCUT2D eigenvalue weighted by atomic mass is 9.92. The van der Waals surface area contributed by atoms with Gasteiger partial charge < -0.3 is 9.47 Å². The van der Waals surface area contributed by atoms with Crippen LogP contribution in [0.5, 0.6) is 0 Å². The second-order valence-electron chi connectivity index (χ2n) is 8.00. The molecule has 5 heteroatoms. The van der Waals surface area contributed by atoms with Crippen LogP contribution < -0.4 is 5.48 Å². The zero-order valence-corrected chi connectivity index (χ0v) is 16.9. The Labute approximate surface area is 157 Å². The van der Waals surface area contributed by atoms with E-state index in [9.17, 15) is 0 Å². The van der Waals surface area contributed by atoms with E-state index in [1.54, 1.807) is 0 Å². The highest BCUT2D eigenvalue weighted by molar-refractivity contribution is 5.77. The number of hydrogen-bond acceptors (Lipinski definition) is 4. The molecule has 2 rings (SSSR count). The van der Waals surface area contributed by atoms with E-state index in [0.29, 0.717) is 0 Å². The quantitative estimate of drug-likeness (QED) is 0.665. The summed E-state index contributed by atoms with van der Waals surface area (Å²) < 4.78 is 2.40. The molecule has 0 aliphatic carbocycles. The average molecular weight is 359 g/mol. The van der Waals surface area contributed by atoms with Crippen molar-refractivity contribution < 1.29 is 5.21 Å². The molecule has 1 heterocycles. The second-order valence-corrected chi connectivity index (χ2v) is 8.00. The summed E-state index contributed by atoms with van der Waals surface area (Å²) in [5, 5.41) is 8.65. The third kappa shape index (κ3) is 5.58. The van der Waals surface area contributed by atoms with Crippen LogP contribution in [0.25, 0.3) is 11.0 Å². The van der Waals surface area contributed by atoms with Crippen molar-refractivity contribution in [2.45, 2.75) is 54.0 Å². The van der Waals surface area contributed by atoms with Crippen LogP contribution in [0.3, 0.4) is 0 Å². The number of hydroxylamine groups is 1. The third-order valence-corrected chi connectivity index (χ3v) is 4.66. The molecule has 0 fully saturated rings. The van der Waals surface area contributed by atoms with E-state index in [0.717, 1.165) is 44.5 Å². The number of aromatic nitrogens is 2. The van der Waals surface area contributed by atoms with Crippen molar-refractivity contribution in [1.82, 2.24) is 19.9 Å². The van der Waals surface area contributed by atoms with Crippen LogP contribution in [0, 0.1) is 5.41 Å². The molecule has 0 saturated carbocycles. The predicted octanol–water partition coefficient (Wildman–Crippen LogP) is 4.00. The van der Waals surface area contributed by atoms with Crippen molar-refractivity contribution in [3.8, 4) is 0 Å². The number of benzene rings is 1. The van der Waals surface area contributed by atoms with Gasteiger partial charge in [-0.05, 0) is 42.6 Å². The molecule has 0 saturated heterocycles. The molecule has 0 radical (unpaired) electrons. The first kappa shape index (κ1) is 20.5. The first-order valence-corrected chi connectivity index (χ1v) is 9.63. The Morgan fingerprint density at radius 2 is 1.96 bits per heavy atom. The number of rotatable bonds is 9. The summed E-state index contributed by atoms with van der Waals surface area (Å²) in [7, 11) is 0. The van der Waals surface area contributed by atoms with Gasteiger partial charge in [0.2, 0.25) is 0 Å². The number of hydrogen-bond donors (Lipinski definition) is 2. The normalized spacial score (nSPS) is 12.6. The molecule has 1 aromatic heterocycles. The van der Waals surface area contributed by atoms with Gasteiger partial charge in [0, 0.05) is 25.7 Å². The highest BCUT2D eigenvalue weighted by atomic mass is 16.5. The fourth-order valence-corrected chi connectivity index (χ4v) is 3.24. The minimum atomic E-state index is 0.201. The van der Waals surface area contributed by atoms with Gasteiger partial charge in [-0.3, -0.25) is 10.7 Å². The Morgan fingerprint density at radius 1 is 1.23 bits per heavy atom. The standard InChI is InChI=1S/C21H34N4O/c1-6-24(7-2)13-14-25-19-11-10-17(9-8-12-22-26)15-18(19)23-20(25)16-21(3,4)5/h8,10-12,15,22,26H,6-7,9,13-14,16H2,1-5H3/b12-8+. The topological polar surface area (TPSA) is 53.3 Å². The molecule has 144 valence electrons. The Morgan fingerprint density at radius 3 is 2.58 bits per heavy atom. The van der Waals surface area contributed by atoms with E-state index >= 15 is 0 Å².